The molecule has 1 fully saturated rings. The molecule has 2 aromatic rings. The lowest BCUT2D eigenvalue weighted by atomic mass is 10.1. The van der Waals surface area contributed by atoms with E-state index in [-0.39, 0.29) is 42.0 Å². The highest BCUT2D eigenvalue weighted by Crippen LogP contribution is 2.24. The second-order valence-corrected chi connectivity index (χ2v) is 6.39. The largest absolute Gasteiger partial charge is 0.328 e. The fourth-order valence-electron chi connectivity index (χ4n) is 3.73. The van der Waals surface area contributed by atoms with Gasteiger partial charge in [0.05, 0.1) is 6.04 Å². The highest BCUT2D eigenvalue weighted by Gasteiger charge is 2.28. The number of hydrogen-bond donors (Lipinski definition) is 1. The fourth-order valence-corrected chi connectivity index (χ4v) is 3.73. The minimum atomic E-state index is -0.0324. The lowest BCUT2D eigenvalue weighted by molar-refractivity contribution is 0.183. The lowest BCUT2D eigenvalue weighted by Crippen LogP contribution is -2.43. The molecular formula is C16H22Cl2N4O2. The van der Waals surface area contributed by atoms with Crippen molar-refractivity contribution < 1.29 is 0 Å². The smallest absolute Gasteiger partial charge is 0.252 e. The molecule has 0 unspecified atom stereocenters. The molecule has 0 radical (unpaired) electrons. The van der Waals surface area contributed by atoms with Gasteiger partial charge < -0.3 is 10.6 Å². The molecule has 0 aliphatic carbocycles. The van der Waals surface area contributed by atoms with Crippen molar-refractivity contribution in [2.45, 2.75) is 31.5 Å². The summed E-state index contributed by atoms with van der Waals surface area (Å²) in [4.78, 5) is 26.8. The first-order valence-electron chi connectivity index (χ1n) is 7.86. The zero-order chi connectivity index (χ0) is 15.3. The predicted octanol–water partition coefficient (Wildman–Crippen LogP) is 0.985. The quantitative estimate of drug-likeness (QED) is 0.852. The van der Waals surface area contributed by atoms with Crippen LogP contribution in [0.1, 0.15) is 18.9 Å². The van der Waals surface area contributed by atoms with Crippen LogP contribution in [0.2, 0.25) is 0 Å². The molecule has 2 N–H and O–H groups in total. The fraction of sp³-hybridized carbons (Fsp3) is 0.500. The first-order chi connectivity index (χ1) is 10.6. The van der Waals surface area contributed by atoms with Crippen LogP contribution in [0.15, 0.2) is 33.9 Å². The van der Waals surface area contributed by atoms with E-state index in [0.29, 0.717) is 12.6 Å². The topological polar surface area (TPSA) is 73.3 Å². The first-order valence-corrected chi connectivity index (χ1v) is 7.86. The number of nitrogens with zero attached hydrogens (tertiary/aromatic N) is 3. The first kappa shape index (κ1) is 19.0. The molecule has 0 aromatic carbocycles. The number of rotatable bonds is 2. The Morgan fingerprint density at radius 3 is 2.29 bits per heavy atom. The van der Waals surface area contributed by atoms with Crippen LogP contribution in [0.3, 0.4) is 0 Å². The molecule has 2 aliphatic heterocycles. The zero-order valence-electron chi connectivity index (χ0n) is 13.3. The Morgan fingerprint density at radius 2 is 1.62 bits per heavy atom. The summed E-state index contributed by atoms with van der Waals surface area (Å²) >= 11 is 0. The molecule has 8 heteroatoms. The summed E-state index contributed by atoms with van der Waals surface area (Å²) in [6.45, 7) is 3.31. The number of piperidine rings is 1. The normalized spacial score (nSPS) is 20.6. The molecule has 132 valence electrons. The van der Waals surface area contributed by atoms with Gasteiger partial charge in [-0.05, 0) is 38.1 Å². The van der Waals surface area contributed by atoms with Crippen molar-refractivity contribution in [2.24, 2.45) is 5.73 Å². The van der Waals surface area contributed by atoms with E-state index in [1.165, 1.54) is 0 Å². The molecule has 6 nitrogen and oxygen atoms in total. The number of nitrogens with two attached hydrogens (primary N) is 1. The van der Waals surface area contributed by atoms with Crippen LogP contribution in [-0.4, -0.2) is 39.7 Å². The van der Waals surface area contributed by atoms with Gasteiger partial charge in [-0.1, -0.05) is 0 Å². The predicted molar refractivity (Wildman–Crippen MR) is 99.7 cm³/mol. The lowest BCUT2D eigenvalue weighted by Gasteiger charge is -2.32. The number of halogens is 2. The van der Waals surface area contributed by atoms with Gasteiger partial charge in [-0.15, -0.1) is 24.8 Å². The molecule has 1 atom stereocenters. The van der Waals surface area contributed by atoms with Gasteiger partial charge in [-0.2, -0.15) is 0 Å². The summed E-state index contributed by atoms with van der Waals surface area (Å²) in [6.07, 6.45) is 2.00. The van der Waals surface area contributed by atoms with Gasteiger partial charge in [-0.3, -0.25) is 18.7 Å². The summed E-state index contributed by atoms with van der Waals surface area (Å²) in [7, 11) is 0. The van der Waals surface area contributed by atoms with Crippen molar-refractivity contribution in [1.29, 1.82) is 0 Å². The number of hydrogen-bond acceptors (Lipinski definition) is 4. The van der Waals surface area contributed by atoms with Gasteiger partial charge in [0.1, 0.15) is 5.65 Å². The molecule has 2 aliphatic rings. The van der Waals surface area contributed by atoms with E-state index in [4.69, 9.17) is 5.73 Å². The maximum absolute atomic E-state index is 12.3. The summed E-state index contributed by atoms with van der Waals surface area (Å²) in [5.41, 5.74) is 6.66. The number of pyridine rings is 2. The van der Waals surface area contributed by atoms with Crippen LogP contribution < -0.4 is 16.9 Å². The van der Waals surface area contributed by atoms with Crippen molar-refractivity contribution in [3.63, 3.8) is 0 Å². The Bertz CT molecular complexity index is 835. The van der Waals surface area contributed by atoms with E-state index in [0.717, 1.165) is 43.5 Å². The van der Waals surface area contributed by atoms with Crippen molar-refractivity contribution in [1.82, 2.24) is 14.0 Å². The Labute approximate surface area is 152 Å². The highest BCUT2D eigenvalue weighted by molar-refractivity contribution is 5.85. The third kappa shape index (κ3) is 3.11. The van der Waals surface area contributed by atoms with E-state index >= 15 is 0 Å². The standard InChI is InChI=1S/C16H20N4O2.2ClH/c17-12-5-7-18(8-6-12)9-13-10-19-14(21)3-1-11-2-4-15(22)20(13)16(11)19;;/h1-4,12-13H,5-10,17H2;2*1H/t13-;;/m1../s1. The van der Waals surface area contributed by atoms with E-state index in [2.05, 4.69) is 4.90 Å². The average Bonchev–Trinajstić information content (AvgIpc) is 2.89. The maximum Gasteiger partial charge on any atom is 0.252 e. The molecule has 2 aromatic heterocycles. The van der Waals surface area contributed by atoms with Crippen LogP contribution >= 0.6 is 24.8 Å². The maximum atomic E-state index is 12.3. The Morgan fingerprint density at radius 1 is 1.00 bits per heavy atom. The van der Waals surface area contributed by atoms with E-state index in [1.807, 2.05) is 0 Å². The third-order valence-corrected chi connectivity index (χ3v) is 4.92. The molecule has 0 amide bonds. The molecule has 1 saturated heterocycles. The summed E-state index contributed by atoms with van der Waals surface area (Å²) in [5.74, 6) is 0. The van der Waals surface area contributed by atoms with Crippen LogP contribution in [0, 0.1) is 0 Å². The Hall–Kier alpha value is -1.34. The van der Waals surface area contributed by atoms with Gasteiger partial charge in [0.15, 0.2) is 0 Å². The molecule has 24 heavy (non-hydrogen) atoms. The van der Waals surface area contributed by atoms with Crippen LogP contribution in [0.5, 0.6) is 0 Å². The molecule has 0 bridgehead atoms. The highest BCUT2D eigenvalue weighted by atomic mass is 35.5. The molecular weight excluding hydrogens is 351 g/mol. The Kier molecular flexibility index (Phi) is 5.75. The number of likely N-dealkylation sites (tertiary alicyclic amines) is 1. The van der Waals surface area contributed by atoms with Gasteiger partial charge in [-0.25, -0.2) is 0 Å². The van der Waals surface area contributed by atoms with Crippen molar-refractivity contribution in [3.8, 4) is 0 Å². The summed E-state index contributed by atoms with van der Waals surface area (Å²) < 4.78 is 3.53. The van der Waals surface area contributed by atoms with Crippen molar-refractivity contribution >= 4 is 35.8 Å². The van der Waals surface area contributed by atoms with Gasteiger partial charge in [0, 0.05) is 36.7 Å². The average molecular weight is 373 g/mol. The van der Waals surface area contributed by atoms with E-state index in [1.54, 1.807) is 33.4 Å². The molecule has 0 spiro atoms. The molecule has 4 heterocycles. The SMILES string of the molecule is Cl.Cl.NC1CCN(C[C@@H]2Cn3c(=O)ccc4ccc(=O)n2c43)CC1. The van der Waals surface area contributed by atoms with Crippen LogP contribution in [-0.2, 0) is 6.54 Å². The van der Waals surface area contributed by atoms with Crippen molar-refractivity contribution in [3.05, 3.63) is 45.0 Å². The summed E-state index contributed by atoms with van der Waals surface area (Å²) in [5, 5.41) is 0.947. The Balaban J connectivity index is 0.00000104. The minimum Gasteiger partial charge on any atom is -0.328 e. The second-order valence-electron chi connectivity index (χ2n) is 6.39. The van der Waals surface area contributed by atoms with Crippen LogP contribution in [0.25, 0.3) is 11.0 Å². The van der Waals surface area contributed by atoms with Gasteiger partial charge in [0.2, 0.25) is 0 Å². The second kappa shape index (κ2) is 7.27. The van der Waals surface area contributed by atoms with Gasteiger partial charge >= 0.3 is 0 Å². The van der Waals surface area contributed by atoms with Crippen LogP contribution in [0.4, 0.5) is 0 Å². The third-order valence-electron chi connectivity index (χ3n) is 4.92. The monoisotopic (exact) mass is 372 g/mol. The van der Waals surface area contributed by atoms with E-state index in [9.17, 15) is 9.59 Å². The molecule has 0 saturated carbocycles. The number of aromatic nitrogens is 2. The van der Waals surface area contributed by atoms with Crippen molar-refractivity contribution in [2.75, 3.05) is 19.6 Å². The van der Waals surface area contributed by atoms with E-state index < -0.39 is 0 Å². The minimum absolute atomic E-state index is 0. The molecule has 4 rings (SSSR count). The summed E-state index contributed by atoms with van der Waals surface area (Å²) in [6, 6.07) is 7.10. The zero-order valence-corrected chi connectivity index (χ0v) is 14.9. The van der Waals surface area contributed by atoms with Gasteiger partial charge in [0.25, 0.3) is 11.1 Å².